The number of ether oxygens (including phenoxy) is 3. The monoisotopic (exact) mass is 303 g/mol. The van der Waals surface area contributed by atoms with Crippen molar-refractivity contribution >= 4 is 5.91 Å². The molecule has 3 heterocycles. The number of hydrogen-bond acceptors (Lipinski definition) is 4. The summed E-state index contributed by atoms with van der Waals surface area (Å²) in [5, 5.41) is 0. The maximum absolute atomic E-state index is 12.4. The molecule has 0 bridgehead atoms. The minimum atomic E-state index is -0.193. The van der Waals surface area contributed by atoms with Crippen molar-refractivity contribution in [3.8, 4) is 11.5 Å². The zero-order chi connectivity index (χ0) is 14.9. The fourth-order valence-electron chi connectivity index (χ4n) is 3.58. The van der Waals surface area contributed by atoms with E-state index in [0.29, 0.717) is 12.7 Å². The Morgan fingerprint density at radius 1 is 1.09 bits per heavy atom. The van der Waals surface area contributed by atoms with Crippen LogP contribution < -0.4 is 9.47 Å². The molecule has 0 N–H and O–H groups in total. The first-order valence-corrected chi connectivity index (χ1v) is 8.11. The van der Waals surface area contributed by atoms with Crippen LogP contribution in [0, 0.1) is 0 Å². The van der Waals surface area contributed by atoms with Crippen LogP contribution >= 0.6 is 0 Å². The molecule has 5 heteroatoms. The first-order valence-electron chi connectivity index (χ1n) is 8.11. The highest BCUT2D eigenvalue weighted by Gasteiger charge is 2.31. The van der Waals surface area contributed by atoms with Crippen molar-refractivity contribution in [1.29, 1.82) is 0 Å². The second kappa shape index (κ2) is 5.80. The van der Waals surface area contributed by atoms with Crippen LogP contribution in [0.1, 0.15) is 37.2 Å². The molecule has 1 unspecified atom stereocenters. The second-order valence-electron chi connectivity index (χ2n) is 6.21. The van der Waals surface area contributed by atoms with E-state index in [9.17, 15) is 4.79 Å². The first-order chi connectivity index (χ1) is 10.8. The van der Waals surface area contributed by atoms with Crippen LogP contribution in [-0.4, -0.2) is 43.4 Å². The summed E-state index contributed by atoms with van der Waals surface area (Å²) in [6.07, 6.45) is 3.68. The van der Waals surface area contributed by atoms with Gasteiger partial charge in [0.25, 0.3) is 5.91 Å². The molecular weight excluding hydrogens is 282 g/mol. The molecule has 1 amide bonds. The van der Waals surface area contributed by atoms with E-state index in [1.165, 1.54) is 5.56 Å². The average Bonchev–Trinajstić information content (AvgIpc) is 3.25. The summed E-state index contributed by atoms with van der Waals surface area (Å²) in [6.45, 7) is 2.67. The topological polar surface area (TPSA) is 48.0 Å². The first kappa shape index (κ1) is 13.9. The fourth-order valence-corrected chi connectivity index (χ4v) is 3.58. The van der Waals surface area contributed by atoms with Gasteiger partial charge in [-0.05, 0) is 49.3 Å². The molecule has 4 rings (SSSR count). The lowest BCUT2D eigenvalue weighted by Crippen LogP contribution is -2.43. The Kier molecular flexibility index (Phi) is 3.66. The third kappa shape index (κ3) is 2.54. The van der Waals surface area contributed by atoms with Crippen LogP contribution in [0.5, 0.6) is 11.5 Å². The van der Waals surface area contributed by atoms with E-state index in [0.717, 1.165) is 56.9 Å². The third-order valence-corrected chi connectivity index (χ3v) is 4.88. The van der Waals surface area contributed by atoms with E-state index in [4.69, 9.17) is 14.2 Å². The number of piperidine rings is 1. The lowest BCUT2D eigenvalue weighted by molar-refractivity contribution is -0.142. The van der Waals surface area contributed by atoms with Crippen molar-refractivity contribution < 1.29 is 19.0 Å². The number of hydrogen-bond donors (Lipinski definition) is 0. The summed E-state index contributed by atoms with van der Waals surface area (Å²) < 4.78 is 16.3. The molecule has 1 aromatic rings. The number of benzene rings is 1. The van der Waals surface area contributed by atoms with Gasteiger partial charge in [-0.3, -0.25) is 4.79 Å². The van der Waals surface area contributed by atoms with Crippen molar-refractivity contribution in [2.24, 2.45) is 0 Å². The number of carbonyl (C=O) groups excluding carboxylic acids is 1. The molecule has 0 saturated carbocycles. The lowest BCUT2D eigenvalue weighted by atomic mass is 9.89. The van der Waals surface area contributed by atoms with Crippen molar-refractivity contribution in [3.63, 3.8) is 0 Å². The predicted molar refractivity (Wildman–Crippen MR) is 80.1 cm³/mol. The standard InChI is InChI=1S/C17H21NO4/c19-17(15-2-1-9-20-15)18-7-5-12(6-8-18)13-3-4-14-16(10-13)22-11-21-14/h3-4,10,12,15H,1-2,5-9,11H2. The molecule has 0 aromatic heterocycles. The fraction of sp³-hybridized carbons (Fsp3) is 0.588. The van der Waals surface area contributed by atoms with Gasteiger partial charge in [-0.1, -0.05) is 6.07 Å². The van der Waals surface area contributed by atoms with Crippen molar-refractivity contribution in [2.45, 2.75) is 37.7 Å². The zero-order valence-electron chi connectivity index (χ0n) is 12.6. The Morgan fingerprint density at radius 3 is 2.68 bits per heavy atom. The Hall–Kier alpha value is -1.75. The summed E-state index contributed by atoms with van der Waals surface area (Å²) in [6, 6.07) is 6.20. The van der Waals surface area contributed by atoms with Gasteiger partial charge in [0.15, 0.2) is 11.5 Å². The van der Waals surface area contributed by atoms with Crippen LogP contribution in [-0.2, 0) is 9.53 Å². The maximum Gasteiger partial charge on any atom is 0.251 e. The molecule has 3 aliphatic heterocycles. The molecule has 0 aliphatic carbocycles. The van der Waals surface area contributed by atoms with Crippen LogP contribution in [0.25, 0.3) is 0 Å². The SMILES string of the molecule is O=C(C1CCCO1)N1CCC(c2ccc3c(c2)OCO3)CC1. The molecule has 5 nitrogen and oxygen atoms in total. The molecule has 0 radical (unpaired) electrons. The highest BCUT2D eigenvalue weighted by Crippen LogP contribution is 2.37. The molecule has 118 valence electrons. The van der Waals surface area contributed by atoms with Crippen molar-refractivity contribution in [2.75, 3.05) is 26.5 Å². The number of nitrogens with zero attached hydrogens (tertiary/aromatic N) is 1. The highest BCUT2D eigenvalue weighted by atomic mass is 16.7. The Balaban J connectivity index is 1.38. The molecule has 2 saturated heterocycles. The van der Waals surface area contributed by atoms with Gasteiger partial charge in [0.2, 0.25) is 6.79 Å². The second-order valence-corrected chi connectivity index (χ2v) is 6.21. The molecule has 1 aromatic carbocycles. The van der Waals surface area contributed by atoms with Gasteiger partial charge < -0.3 is 19.1 Å². The number of amides is 1. The van der Waals surface area contributed by atoms with E-state index < -0.39 is 0 Å². The van der Waals surface area contributed by atoms with Crippen molar-refractivity contribution in [1.82, 2.24) is 4.90 Å². The van der Waals surface area contributed by atoms with Gasteiger partial charge >= 0.3 is 0 Å². The number of carbonyl (C=O) groups is 1. The summed E-state index contributed by atoms with van der Waals surface area (Å²) >= 11 is 0. The molecule has 2 fully saturated rings. The van der Waals surface area contributed by atoms with E-state index in [1.807, 2.05) is 11.0 Å². The molecule has 1 atom stereocenters. The van der Waals surface area contributed by atoms with Crippen LogP contribution in [0.2, 0.25) is 0 Å². The number of likely N-dealkylation sites (tertiary alicyclic amines) is 1. The van der Waals surface area contributed by atoms with Gasteiger partial charge in [0.05, 0.1) is 0 Å². The molecular formula is C17H21NO4. The summed E-state index contributed by atoms with van der Waals surface area (Å²) in [7, 11) is 0. The Labute approximate surface area is 130 Å². The Morgan fingerprint density at radius 2 is 1.91 bits per heavy atom. The number of rotatable bonds is 2. The lowest BCUT2D eigenvalue weighted by Gasteiger charge is -2.33. The minimum absolute atomic E-state index is 0.182. The number of fused-ring (bicyclic) bond motifs is 1. The van der Waals surface area contributed by atoms with E-state index in [1.54, 1.807) is 0 Å². The molecule has 0 spiro atoms. The summed E-state index contributed by atoms with van der Waals surface area (Å²) in [4.78, 5) is 14.3. The van der Waals surface area contributed by atoms with E-state index in [-0.39, 0.29) is 12.0 Å². The summed E-state index contributed by atoms with van der Waals surface area (Å²) in [5.41, 5.74) is 1.29. The van der Waals surface area contributed by atoms with E-state index in [2.05, 4.69) is 12.1 Å². The average molecular weight is 303 g/mol. The van der Waals surface area contributed by atoms with Gasteiger partial charge in [0.1, 0.15) is 6.10 Å². The van der Waals surface area contributed by atoms with Gasteiger partial charge in [-0.15, -0.1) is 0 Å². The third-order valence-electron chi connectivity index (χ3n) is 4.88. The summed E-state index contributed by atoms with van der Waals surface area (Å²) in [5.74, 6) is 2.34. The van der Waals surface area contributed by atoms with Gasteiger partial charge in [-0.25, -0.2) is 0 Å². The van der Waals surface area contributed by atoms with Crippen molar-refractivity contribution in [3.05, 3.63) is 23.8 Å². The smallest absolute Gasteiger partial charge is 0.251 e. The minimum Gasteiger partial charge on any atom is -0.454 e. The molecule has 22 heavy (non-hydrogen) atoms. The predicted octanol–water partition coefficient (Wildman–Crippen LogP) is 2.30. The van der Waals surface area contributed by atoms with E-state index >= 15 is 0 Å². The maximum atomic E-state index is 12.4. The zero-order valence-corrected chi connectivity index (χ0v) is 12.6. The molecule has 3 aliphatic rings. The highest BCUT2D eigenvalue weighted by molar-refractivity contribution is 5.81. The normalized spacial score (nSPS) is 24.7. The Bertz CT molecular complexity index is 560. The largest absolute Gasteiger partial charge is 0.454 e. The quantitative estimate of drug-likeness (QED) is 0.841. The van der Waals surface area contributed by atoms with Crippen LogP contribution in [0.15, 0.2) is 18.2 Å². The van der Waals surface area contributed by atoms with Gasteiger partial charge in [0, 0.05) is 19.7 Å². The van der Waals surface area contributed by atoms with Crippen LogP contribution in [0.3, 0.4) is 0 Å². The van der Waals surface area contributed by atoms with Crippen LogP contribution in [0.4, 0.5) is 0 Å². The van der Waals surface area contributed by atoms with Gasteiger partial charge in [-0.2, -0.15) is 0 Å².